The Bertz CT molecular complexity index is 454. The van der Waals surface area contributed by atoms with Gasteiger partial charge in [-0.1, -0.05) is 0 Å². The van der Waals surface area contributed by atoms with Crippen molar-refractivity contribution in [3.8, 4) is 0 Å². The van der Waals surface area contributed by atoms with Crippen molar-refractivity contribution in [3.63, 3.8) is 0 Å². The number of thioether (sulfide) groups is 1. The molecule has 0 N–H and O–H groups in total. The second-order valence-corrected chi connectivity index (χ2v) is 4.91. The van der Waals surface area contributed by atoms with Crippen LogP contribution in [-0.4, -0.2) is 5.78 Å². The van der Waals surface area contributed by atoms with Gasteiger partial charge in [0.2, 0.25) is 0 Å². The van der Waals surface area contributed by atoms with Crippen LogP contribution in [0.15, 0.2) is 39.9 Å². The van der Waals surface area contributed by atoms with Gasteiger partial charge in [0.25, 0.3) is 5.03 Å². The third kappa shape index (κ3) is 2.27. The summed E-state index contributed by atoms with van der Waals surface area (Å²) in [6.45, 7) is 1.85. The summed E-state index contributed by atoms with van der Waals surface area (Å²) < 4.78 is 0.837. The Morgan fingerprint density at radius 1 is 1.38 bits per heavy atom. The van der Waals surface area contributed by atoms with Crippen molar-refractivity contribution < 1.29 is 9.52 Å². The first kappa shape index (κ1) is 11.2. The molecule has 0 spiro atoms. The summed E-state index contributed by atoms with van der Waals surface area (Å²) in [5.74, 6) is 0.210. The minimum absolute atomic E-state index is 0.210. The molecule has 0 atom stereocenters. The van der Waals surface area contributed by atoms with Crippen LogP contribution in [0.5, 0.6) is 0 Å². The molecule has 0 saturated carbocycles. The number of rotatable bonds is 2. The number of allylic oxidation sites excluding steroid dienone is 2. The third-order valence-corrected chi connectivity index (χ3v) is 3.94. The summed E-state index contributed by atoms with van der Waals surface area (Å²) in [6, 6.07) is 5.30. The van der Waals surface area contributed by atoms with E-state index in [2.05, 4.69) is 0 Å². The van der Waals surface area contributed by atoms with Gasteiger partial charge in [-0.3, -0.25) is 4.79 Å². The molecule has 0 fully saturated rings. The van der Waals surface area contributed by atoms with Gasteiger partial charge in [-0.2, -0.15) is 4.73 Å². The number of carbonyl (C=O) groups is 1. The van der Waals surface area contributed by atoms with Crippen molar-refractivity contribution >= 4 is 17.5 Å². The van der Waals surface area contributed by atoms with Gasteiger partial charge in [0.15, 0.2) is 12.0 Å². The number of pyridine rings is 1. The van der Waals surface area contributed by atoms with Crippen LogP contribution in [0.4, 0.5) is 0 Å². The van der Waals surface area contributed by atoms with Gasteiger partial charge in [-0.15, -0.1) is 0 Å². The van der Waals surface area contributed by atoms with Crippen molar-refractivity contribution in [3.05, 3.63) is 40.1 Å². The van der Waals surface area contributed by atoms with Crippen LogP contribution < -0.4 is 4.73 Å². The first-order chi connectivity index (χ1) is 7.68. The van der Waals surface area contributed by atoms with Gasteiger partial charge in [-0.05, 0) is 37.6 Å². The van der Waals surface area contributed by atoms with E-state index in [1.54, 1.807) is 12.1 Å². The minimum atomic E-state index is 0.210. The van der Waals surface area contributed by atoms with E-state index in [-0.39, 0.29) is 5.78 Å². The predicted octanol–water partition coefficient (Wildman–Crippen LogP) is 2.44. The molecule has 1 aromatic heterocycles. The lowest BCUT2D eigenvalue weighted by atomic mass is 9.99. The Hall–Kier alpha value is -1.29. The molecule has 0 radical (unpaired) electrons. The molecule has 0 bridgehead atoms. The zero-order valence-corrected chi connectivity index (χ0v) is 9.92. The number of carbonyl (C=O) groups excluding carboxylic acids is 1. The maximum absolute atomic E-state index is 11.5. The second kappa shape index (κ2) is 4.70. The van der Waals surface area contributed by atoms with Crippen LogP contribution in [-0.2, 0) is 4.79 Å². The molecule has 0 saturated heterocycles. The van der Waals surface area contributed by atoms with Gasteiger partial charge in [0.1, 0.15) is 0 Å². The fourth-order valence-electron chi connectivity index (χ4n) is 1.69. The zero-order valence-electron chi connectivity index (χ0n) is 9.10. The van der Waals surface area contributed by atoms with E-state index in [4.69, 9.17) is 0 Å². The fourth-order valence-corrected chi connectivity index (χ4v) is 2.75. The normalized spacial score (nSPS) is 16.7. The molecule has 1 aliphatic rings. The molecule has 2 rings (SSSR count). The highest BCUT2D eigenvalue weighted by molar-refractivity contribution is 8.03. The SMILES string of the molecule is CC1=C(Sc2cccc[n+]2[O-])CCCC1=O. The number of ketones is 1. The average molecular weight is 235 g/mol. The van der Waals surface area contributed by atoms with Crippen LogP contribution in [0.2, 0.25) is 0 Å². The van der Waals surface area contributed by atoms with Crippen LogP contribution >= 0.6 is 11.8 Å². The first-order valence-electron chi connectivity index (χ1n) is 5.27. The largest absolute Gasteiger partial charge is 0.618 e. The lowest BCUT2D eigenvalue weighted by molar-refractivity contribution is -0.645. The molecular formula is C12H13NO2S. The summed E-state index contributed by atoms with van der Waals surface area (Å²) in [4.78, 5) is 12.6. The second-order valence-electron chi connectivity index (χ2n) is 3.79. The third-order valence-electron chi connectivity index (χ3n) is 2.66. The number of hydrogen-bond donors (Lipinski definition) is 0. The van der Waals surface area contributed by atoms with E-state index in [9.17, 15) is 10.0 Å². The molecule has 0 aliphatic heterocycles. The molecule has 4 heteroatoms. The average Bonchev–Trinajstić information content (AvgIpc) is 2.28. The molecule has 1 aliphatic carbocycles. The van der Waals surface area contributed by atoms with Gasteiger partial charge < -0.3 is 5.21 Å². The zero-order chi connectivity index (χ0) is 11.5. The monoisotopic (exact) mass is 235 g/mol. The number of Topliss-reactive ketones (excluding diaryl/α,β-unsaturated/α-hetero) is 1. The van der Waals surface area contributed by atoms with Crippen molar-refractivity contribution in [2.45, 2.75) is 31.2 Å². The summed E-state index contributed by atoms with van der Waals surface area (Å²) in [5, 5.41) is 12.1. The van der Waals surface area contributed by atoms with Gasteiger partial charge >= 0.3 is 0 Å². The van der Waals surface area contributed by atoms with Crippen molar-refractivity contribution in [1.82, 2.24) is 0 Å². The molecule has 84 valence electrons. The number of aromatic nitrogens is 1. The van der Waals surface area contributed by atoms with E-state index >= 15 is 0 Å². The summed E-state index contributed by atoms with van der Waals surface area (Å²) >= 11 is 1.41. The number of nitrogens with zero attached hydrogens (tertiary/aromatic N) is 1. The van der Waals surface area contributed by atoms with E-state index in [0.29, 0.717) is 11.4 Å². The summed E-state index contributed by atoms with van der Waals surface area (Å²) in [5.41, 5.74) is 0.820. The lowest BCUT2D eigenvalue weighted by Gasteiger charge is -2.15. The Balaban J connectivity index is 2.25. The molecule has 0 amide bonds. The van der Waals surface area contributed by atoms with E-state index in [1.165, 1.54) is 18.0 Å². The number of hydrogen-bond acceptors (Lipinski definition) is 3. The summed E-state index contributed by atoms with van der Waals surface area (Å²) in [6.07, 6.45) is 3.91. The highest BCUT2D eigenvalue weighted by atomic mass is 32.2. The smallest absolute Gasteiger partial charge is 0.255 e. The maximum atomic E-state index is 11.5. The van der Waals surface area contributed by atoms with E-state index < -0.39 is 0 Å². The van der Waals surface area contributed by atoms with Crippen molar-refractivity contribution in [2.75, 3.05) is 0 Å². The van der Waals surface area contributed by atoms with Gasteiger partial charge in [-0.25, -0.2) is 0 Å². The van der Waals surface area contributed by atoms with Crippen LogP contribution in [0.1, 0.15) is 26.2 Å². The molecular weight excluding hydrogens is 222 g/mol. The summed E-state index contributed by atoms with van der Waals surface area (Å²) in [7, 11) is 0. The Morgan fingerprint density at radius 3 is 2.94 bits per heavy atom. The Kier molecular flexibility index (Phi) is 3.29. The molecule has 16 heavy (non-hydrogen) atoms. The lowest BCUT2D eigenvalue weighted by Crippen LogP contribution is -2.27. The molecule has 0 aromatic carbocycles. The topological polar surface area (TPSA) is 44.0 Å². The van der Waals surface area contributed by atoms with E-state index in [0.717, 1.165) is 28.1 Å². The van der Waals surface area contributed by atoms with Crippen molar-refractivity contribution in [1.29, 1.82) is 0 Å². The highest BCUT2D eigenvalue weighted by Gasteiger charge is 2.19. The van der Waals surface area contributed by atoms with Gasteiger partial charge in [0, 0.05) is 29.0 Å². The highest BCUT2D eigenvalue weighted by Crippen LogP contribution is 2.34. The van der Waals surface area contributed by atoms with Crippen LogP contribution in [0.3, 0.4) is 0 Å². The standard InChI is InChI=1S/C12H13NO2S/c1-9-10(14)5-4-6-11(9)16-12-7-2-3-8-13(12)15/h2-3,7-8H,4-6H2,1H3. The van der Waals surface area contributed by atoms with Gasteiger partial charge in [0.05, 0.1) is 0 Å². The van der Waals surface area contributed by atoms with E-state index in [1.807, 2.05) is 13.0 Å². The van der Waals surface area contributed by atoms with Crippen LogP contribution in [0.25, 0.3) is 0 Å². The Labute approximate surface area is 98.8 Å². The quantitative estimate of drug-likeness (QED) is 0.584. The molecule has 3 nitrogen and oxygen atoms in total. The van der Waals surface area contributed by atoms with Crippen LogP contribution in [0, 0.1) is 5.21 Å². The Morgan fingerprint density at radius 2 is 2.19 bits per heavy atom. The minimum Gasteiger partial charge on any atom is -0.618 e. The fraction of sp³-hybridized carbons (Fsp3) is 0.333. The molecule has 1 heterocycles. The van der Waals surface area contributed by atoms with Crippen molar-refractivity contribution in [2.24, 2.45) is 0 Å². The maximum Gasteiger partial charge on any atom is 0.255 e. The predicted molar refractivity (Wildman–Crippen MR) is 62.8 cm³/mol. The first-order valence-corrected chi connectivity index (χ1v) is 6.09. The molecule has 0 unspecified atom stereocenters. The molecule has 1 aromatic rings.